The second-order valence-electron chi connectivity index (χ2n) is 5.47. The summed E-state index contributed by atoms with van der Waals surface area (Å²) < 4.78 is 26.9. The molecule has 1 aromatic carbocycles. The van der Waals surface area contributed by atoms with Crippen molar-refractivity contribution in [3.8, 4) is 0 Å². The first kappa shape index (κ1) is 15.7. The van der Waals surface area contributed by atoms with Crippen LogP contribution in [0, 0.1) is 5.92 Å². The van der Waals surface area contributed by atoms with Crippen molar-refractivity contribution in [3.05, 3.63) is 48.0 Å². The molecular weight excluding hydrogens is 286 g/mol. The first-order chi connectivity index (χ1) is 9.97. The van der Waals surface area contributed by atoms with E-state index in [9.17, 15) is 8.42 Å². The van der Waals surface area contributed by atoms with E-state index < -0.39 is 10.0 Å². The highest BCUT2D eigenvalue weighted by Crippen LogP contribution is 2.13. The van der Waals surface area contributed by atoms with Crippen LogP contribution < -0.4 is 4.72 Å². The van der Waals surface area contributed by atoms with E-state index in [-0.39, 0.29) is 0 Å². The zero-order chi connectivity index (χ0) is 15.3. The Labute approximate surface area is 125 Å². The van der Waals surface area contributed by atoms with Crippen LogP contribution in [0.1, 0.15) is 25.1 Å². The summed E-state index contributed by atoms with van der Waals surface area (Å²) in [6.45, 7) is 4.63. The average molecular weight is 307 g/mol. The van der Waals surface area contributed by atoms with Gasteiger partial charge in [0.1, 0.15) is 0 Å². The molecule has 0 radical (unpaired) electrons. The average Bonchev–Trinajstić information content (AvgIpc) is 2.91. The molecule has 0 aliphatic rings. The van der Waals surface area contributed by atoms with E-state index in [0.29, 0.717) is 23.8 Å². The van der Waals surface area contributed by atoms with Crippen LogP contribution in [0.5, 0.6) is 0 Å². The maximum Gasteiger partial charge on any atom is 0.240 e. The lowest BCUT2D eigenvalue weighted by molar-refractivity contribution is 0.581. The van der Waals surface area contributed by atoms with E-state index in [1.165, 1.54) is 0 Å². The molecule has 0 saturated carbocycles. The molecule has 2 N–H and O–H groups in total. The molecule has 0 aliphatic heterocycles. The maximum absolute atomic E-state index is 12.2. The van der Waals surface area contributed by atoms with Crippen LogP contribution in [-0.2, 0) is 22.9 Å². The molecule has 0 unspecified atom stereocenters. The molecule has 114 valence electrons. The Kier molecular flexibility index (Phi) is 5.14. The van der Waals surface area contributed by atoms with Crippen molar-refractivity contribution in [1.29, 1.82) is 0 Å². The highest BCUT2D eigenvalue weighted by atomic mass is 32.2. The summed E-state index contributed by atoms with van der Waals surface area (Å²) in [7, 11) is -3.44. The standard InChI is InChI=1S/C15H21N3O2S/c1-12(2)9-13-3-5-15(6-4-13)21(19,20)18-8-7-14-10-16-11-17-14/h3-6,10-12,18H,7-9H2,1-2H3,(H,16,17). The van der Waals surface area contributed by atoms with Gasteiger partial charge < -0.3 is 4.98 Å². The second-order valence-corrected chi connectivity index (χ2v) is 7.23. The molecule has 21 heavy (non-hydrogen) atoms. The zero-order valence-electron chi connectivity index (χ0n) is 12.3. The van der Waals surface area contributed by atoms with Crippen LogP contribution in [0.15, 0.2) is 41.7 Å². The van der Waals surface area contributed by atoms with Gasteiger partial charge in [-0.25, -0.2) is 18.1 Å². The van der Waals surface area contributed by atoms with Gasteiger partial charge in [-0.2, -0.15) is 0 Å². The maximum atomic E-state index is 12.2. The van der Waals surface area contributed by atoms with Gasteiger partial charge in [0, 0.05) is 24.9 Å². The Morgan fingerprint density at radius 3 is 2.52 bits per heavy atom. The minimum Gasteiger partial charge on any atom is -0.348 e. The number of aromatic amines is 1. The van der Waals surface area contributed by atoms with E-state index in [0.717, 1.165) is 17.7 Å². The molecule has 2 aromatic rings. The van der Waals surface area contributed by atoms with Gasteiger partial charge in [-0.15, -0.1) is 0 Å². The number of rotatable bonds is 7. The third-order valence-corrected chi connectivity index (χ3v) is 4.60. The van der Waals surface area contributed by atoms with Crippen LogP contribution in [0.2, 0.25) is 0 Å². The number of H-pyrrole nitrogens is 1. The van der Waals surface area contributed by atoms with Gasteiger partial charge in [-0.1, -0.05) is 26.0 Å². The summed E-state index contributed by atoms with van der Waals surface area (Å²) in [6.07, 6.45) is 4.81. The fourth-order valence-electron chi connectivity index (χ4n) is 2.10. The van der Waals surface area contributed by atoms with Crippen LogP contribution in [-0.4, -0.2) is 24.9 Å². The lowest BCUT2D eigenvalue weighted by Gasteiger charge is -2.08. The lowest BCUT2D eigenvalue weighted by atomic mass is 10.0. The van der Waals surface area contributed by atoms with E-state index in [2.05, 4.69) is 28.5 Å². The highest BCUT2D eigenvalue weighted by Gasteiger charge is 2.13. The lowest BCUT2D eigenvalue weighted by Crippen LogP contribution is -2.26. The van der Waals surface area contributed by atoms with Gasteiger partial charge >= 0.3 is 0 Å². The van der Waals surface area contributed by atoms with Crippen LogP contribution in [0.25, 0.3) is 0 Å². The molecule has 1 aromatic heterocycles. The molecule has 0 aliphatic carbocycles. The zero-order valence-corrected chi connectivity index (χ0v) is 13.2. The molecule has 0 fully saturated rings. The Hall–Kier alpha value is -1.66. The molecule has 0 amide bonds. The minimum absolute atomic E-state index is 0.305. The van der Waals surface area contributed by atoms with Crippen LogP contribution >= 0.6 is 0 Å². The molecule has 2 rings (SSSR count). The van der Waals surface area contributed by atoms with Crippen molar-refractivity contribution >= 4 is 10.0 Å². The molecule has 0 atom stereocenters. The largest absolute Gasteiger partial charge is 0.348 e. The summed E-state index contributed by atoms with van der Waals surface area (Å²) in [5.41, 5.74) is 2.06. The third kappa shape index (κ3) is 4.68. The summed E-state index contributed by atoms with van der Waals surface area (Å²) in [4.78, 5) is 7.14. The molecule has 1 heterocycles. The summed E-state index contributed by atoms with van der Waals surface area (Å²) in [6, 6.07) is 7.08. The number of hydrogen-bond donors (Lipinski definition) is 2. The number of nitrogens with one attached hydrogen (secondary N) is 2. The van der Waals surface area contributed by atoms with Crippen molar-refractivity contribution in [3.63, 3.8) is 0 Å². The van der Waals surface area contributed by atoms with E-state index >= 15 is 0 Å². The van der Waals surface area contributed by atoms with E-state index in [4.69, 9.17) is 0 Å². The summed E-state index contributed by atoms with van der Waals surface area (Å²) >= 11 is 0. The molecule has 5 nitrogen and oxygen atoms in total. The molecule has 0 saturated heterocycles. The topological polar surface area (TPSA) is 74.8 Å². The number of nitrogens with zero attached hydrogens (tertiary/aromatic N) is 1. The predicted octanol–water partition coefficient (Wildman–Crippen LogP) is 2.13. The fraction of sp³-hybridized carbons (Fsp3) is 0.400. The number of imidazole rings is 1. The SMILES string of the molecule is CC(C)Cc1ccc(S(=O)(=O)NCCc2cnc[nH]2)cc1. The highest BCUT2D eigenvalue weighted by molar-refractivity contribution is 7.89. The molecule has 0 bridgehead atoms. The van der Waals surface area contributed by atoms with Gasteiger partial charge in [-0.3, -0.25) is 0 Å². The van der Waals surface area contributed by atoms with E-state index in [1.807, 2.05) is 12.1 Å². The van der Waals surface area contributed by atoms with Crippen LogP contribution in [0.3, 0.4) is 0 Å². The number of hydrogen-bond acceptors (Lipinski definition) is 3. The monoisotopic (exact) mass is 307 g/mol. The second kappa shape index (κ2) is 6.87. The normalized spacial score (nSPS) is 12.0. The van der Waals surface area contributed by atoms with Crippen molar-refractivity contribution < 1.29 is 8.42 Å². The van der Waals surface area contributed by atoms with Gasteiger partial charge in [-0.05, 0) is 30.0 Å². The quantitative estimate of drug-likeness (QED) is 0.823. The molecule has 6 heteroatoms. The molecular formula is C15H21N3O2S. The molecule has 0 spiro atoms. The Balaban J connectivity index is 1.95. The first-order valence-electron chi connectivity index (χ1n) is 7.03. The van der Waals surface area contributed by atoms with Gasteiger partial charge in [0.2, 0.25) is 10.0 Å². The van der Waals surface area contributed by atoms with Gasteiger partial charge in [0.25, 0.3) is 0 Å². The van der Waals surface area contributed by atoms with Crippen LogP contribution in [0.4, 0.5) is 0 Å². The minimum atomic E-state index is -3.44. The third-order valence-electron chi connectivity index (χ3n) is 3.12. The Morgan fingerprint density at radius 1 is 1.24 bits per heavy atom. The Morgan fingerprint density at radius 2 is 1.95 bits per heavy atom. The smallest absolute Gasteiger partial charge is 0.240 e. The summed E-state index contributed by atoms with van der Waals surface area (Å²) in [5.74, 6) is 0.556. The van der Waals surface area contributed by atoms with Crippen molar-refractivity contribution in [1.82, 2.24) is 14.7 Å². The Bertz CT molecular complexity index is 647. The van der Waals surface area contributed by atoms with Gasteiger partial charge in [0.15, 0.2) is 0 Å². The van der Waals surface area contributed by atoms with Crippen molar-refractivity contribution in [2.24, 2.45) is 5.92 Å². The summed E-state index contributed by atoms with van der Waals surface area (Å²) in [5, 5.41) is 0. The first-order valence-corrected chi connectivity index (χ1v) is 8.51. The van der Waals surface area contributed by atoms with Crippen molar-refractivity contribution in [2.45, 2.75) is 31.6 Å². The van der Waals surface area contributed by atoms with Gasteiger partial charge in [0.05, 0.1) is 11.2 Å². The van der Waals surface area contributed by atoms with E-state index in [1.54, 1.807) is 24.7 Å². The number of sulfonamides is 1. The fourth-order valence-corrected chi connectivity index (χ4v) is 3.13. The predicted molar refractivity (Wildman–Crippen MR) is 82.5 cm³/mol. The number of aromatic nitrogens is 2. The van der Waals surface area contributed by atoms with Crippen molar-refractivity contribution in [2.75, 3.05) is 6.54 Å². The number of benzene rings is 1.